The summed E-state index contributed by atoms with van der Waals surface area (Å²) >= 11 is 1.56. The molecule has 10 nitrogen and oxygen atoms in total. The van der Waals surface area contributed by atoms with Crippen molar-refractivity contribution in [2.24, 2.45) is 4.99 Å². The first-order valence-corrected chi connectivity index (χ1v) is 13.5. The molecule has 2 aromatic carbocycles. The van der Waals surface area contributed by atoms with Crippen LogP contribution >= 0.6 is 11.3 Å². The molecule has 198 valence electrons. The van der Waals surface area contributed by atoms with Crippen molar-refractivity contribution < 1.29 is 13.6 Å². The summed E-state index contributed by atoms with van der Waals surface area (Å²) in [4.78, 5) is 32.1. The lowest BCUT2D eigenvalue weighted by atomic mass is 10.0. The first kappa shape index (κ1) is 24.2. The highest BCUT2D eigenvalue weighted by Crippen LogP contribution is 2.46. The smallest absolute Gasteiger partial charge is 0.317 e. The molecule has 1 aliphatic heterocycles. The monoisotopic (exact) mass is 552 g/mol. The van der Waals surface area contributed by atoms with Crippen molar-refractivity contribution in [3.63, 3.8) is 0 Å². The number of hydrogen-bond acceptors (Lipinski definition) is 10. The molecule has 0 unspecified atom stereocenters. The maximum absolute atomic E-state index is 14.8. The number of aromatic nitrogens is 5. The van der Waals surface area contributed by atoms with E-state index in [2.05, 4.69) is 35.8 Å². The third-order valence-electron chi connectivity index (χ3n) is 6.57. The quantitative estimate of drug-likeness (QED) is 0.294. The number of amides is 1. The highest BCUT2D eigenvalue weighted by Gasteiger charge is 2.32. The number of halogens is 1. The molecule has 0 bridgehead atoms. The van der Waals surface area contributed by atoms with Gasteiger partial charge in [-0.2, -0.15) is 0 Å². The van der Waals surface area contributed by atoms with Gasteiger partial charge in [-0.05, 0) is 25.8 Å². The van der Waals surface area contributed by atoms with Crippen molar-refractivity contribution in [3.05, 3.63) is 88.7 Å². The summed E-state index contributed by atoms with van der Waals surface area (Å²) < 4.78 is 20.7. The molecule has 1 fully saturated rings. The maximum Gasteiger partial charge on any atom is 0.317 e. The van der Waals surface area contributed by atoms with Gasteiger partial charge in [-0.3, -0.25) is 4.79 Å². The van der Waals surface area contributed by atoms with Crippen LogP contribution in [-0.2, 0) is 4.79 Å². The zero-order valence-electron chi connectivity index (χ0n) is 21.1. The van der Waals surface area contributed by atoms with Crippen LogP contribution in [0.25, 0.3) is 22.0 Å². The molecule has 7 rings (SSSR count). The number of para-hydroxylation sites is 1. The Morgan fingerprint density at radius 3 is 2.60 bits per heavy atom. The van der Waals surface area contributed by atoms with Crippen LogP contribution in [0, 0.1) is 12.7 Å². The van der Waals surface area contributed by atoms with Gasteiger partial charge in [0.15, 0.2) is 0 Å². The SMILES string of the molecule is Cc1ncc(-c2sc(C3CC3)nc2-c2nnc(N[C@@H]3N=C(c4ccccc4)c4cccc(F)c4NC3=O)o2)cn1. The fourth-order valence-electron chi connectivity index (χ4n) is 4.41. The van der Waals surface area contributed by atoms with Crippen molar-refractivity contribution in [2.45, 2.75) is 31.8 Å². The number of rotatable bonds is 6. The van der Waals surface area contributed by atoms with Crippen LogP contribution in [0.2, 0.25) is 0 Å². The number of nitrogens with zero attached hydrogens (tertiary/aromatic N) is 6. The number of anilines is 2. The number of benzene rings is 2. The van der Waals surface area contributed by atoms with Crippen LogP contribution in [0.3, 0.4) is 0 Å². The molecule has 5 aromatic rings. The molecule has 1 amide bonds. The second kappa shape index (κ2) is 9.72. The minimum Gasteiger partial charge on any atom is -0.402 e. The van der Waals surface area contributed by atoms with Gasteiger partial charge < -0.3 is 15.1 Å². The van der Waals surface area contributed by atoms with E-state index in [1.54, 1.807) is 35.9 Å². The number of carbonyl (C=O) groups is 1. The van der Waals surface area contributed by atoms with Gasteiger partial charge in [-0.1, -0.05) is 47.6 Å². The zero-order chi connectivity index (χ0) is 27.2. The van der Waals surface area contributed by atoms with E-state index < -0.39 is 17.9 Å². The summed E-state index contributed by atoms with van der Waals surface area (Å²) in [6.45, 7) is 1.82. The number of nitrogens with one attached hydrogen (secondary N) is 2. The van der Waals surface area contributed by atoms with Crippen LogP contribution < -0.4 is 10.6 Å². The minimum atomic E-state index is -1.17. The van der Waals surface area contributed by atoms with Crippen LogP contribution in [0.5, 0.6) is 0 Å². The predicted octanol–water partition coefficient (Wildman–Crippen LogP) is 5.20. The summed E-state index contributed by atoms with van der Waals surface area (Å²) in [6, 6.07) is 13.8. The Kier molecular flexibility index (Phi) is 5.89. The Morgan fingerprint density at radius 1 is 1.02 bits per heavy atom. The minimum absolute atomic E-state index is 0.0233. The van der Waals surface area contributed by atoms with E-state index >= 15 is 0 Å². The standard InChI is InChI=1S/C28H21FN8O2S/c1-14-30-12-17(13-31-14)23-22(34-27(40-23)16-10-11-16)26-36-37-28(39-26)35-24-25(38)33-21-18(8-5-9-19(21)29)20(32-24)15-6-3-2-4-7-15/h2-9,12-13,16,24H,10-11H2,1H3,(H,33,38)(H,35,37)/t24-/m0/s1. The Labute approximate surface area is 231 Å². The summed E-state index contributed by atoms with van der Waals surface area (Å²) in [6.07, 6.45) is 4.51. The van der Waals surface area contributed by atoms with Gasteiger partial charge in [0.1, 0.15) is 17.3 Å². The molecule has 3 aromatic heterocycles. The average Bonchev–Trinajstić information content (AvgIpc) is 3.59. The summed E-state index contributed by atoms with van der Waals surface area (Å²) in [5.74, 6) is 0.154. The van der Waals surface area contributed by atoms with Gasteiger partial charge in [0.05, 0.1) is 21.3 Å². The fourth-order valence-corrected chi connectivity index (χ4v) is 5.61. The van der Waals surface area contributed by atoms with E-state index in [1.165, 1.54) is 6.07 Å². The number of fused-ring (bicyclic) bond motifs is 1. The number of thiazole rings is 1. The second-order valence-corrected chi connectivity index (χ2v) is 10.5. The van der Waals surface area contributed by atoms with Crippen LogP contribution in [0.4, 0.5) is 16.1 Å². The summed E-state index contributed by atoms with van der Waals surface area (Å²) in [7, 11) is 0. The predicted molar refractivity (Wildman–Crippen MR) is 148 cm³/mol. The number of aryl methyl sites for hydroxylation is 1. The molecule has 40 heavy (non-hydrogen) atoms. The van der Waals surface area contributed by atoms with E-state index in [4.69, 9.17) is 9.40 Å². The Bertz CT molecular complexity index is 1760. The molecule has 1 atom stereocenters. The van der Waals surface area contributed by atoms with Gasteiger partial charge in [-0.25, -0.2) is 24.3 Å². The molecule has 0 spiro atoms. The molecule has 1 aliphatic carbocycles. The zero-order valence-corrected chi connectivity index (χ0v) is 21.9. The first-order chi connectivity index (χ1) is 19.5. The van der Waals surface area contributed by atoms with Crippen molar-refractivity contribution >= 4 is 34.7 Å². The van der Waals surface area contributed by atoms with Crippen LogP contribution in [0.1, 0.15) is 40.7 Å². The molecular formula is C28H21FN8O2S. The van der Waals surface area contributed by atoms with E-state index in [0.717, 1.165) is 33.9 Å². The first-order valence-electron chi connectivity index (χ1n) is 12.7. The lowest BCUT2D eigenvalue weighted by Crippen LogP contribution is -2.32. The summed E-state index contributed by atoms with van der Waals surface area (Å²) in [5.41, 5.74) is 3.04. The molecule has 2 aliphatic rings. The molecule has 1 saturated carbocycles. The van der Waals surface area contributed by atoms with Crippen molar-refractivity contribution in [1.82, 2.24) is 25.1 Å². The van der Waals surface area contributed by atoms with Gasteiger partial charge in [0, 0.05) is 35.0 Å². The van der Waals surface area contributed by atoms with E-state index in [1.807, 2.05) is 37.3 Å². The number of hydrogen-bond donors (Lipinski definition) is 2. The number of benzodiazepines with no additional fused rings is 1. The molecule has 12 heteroatoms. The molecule has 4 heterocycles. The topological polar surface area (TPSA) is 131 Å². The highest BCUT2D eigenvalue weighted by molar-refractivity contribution is 7.15. The summed E-state index contributed by atoms with van der Waals surface area (Å²) in [5, 5.41) is 14.9. The third-order valence-corrected chi connectivity index (χ3v) is 7.84. The third kappa shape index (κ3) is 4.51. The number of carbonyl (C=O) groups excluding carboxylic acids is 1. The molecule has 0 saturated heterocycles. The van der Waals surface area contributed by atoms with Crippen molar-refractivity contribution in [1.29, 1.82) is 0 Å². The molecule has 2 N–H and O–H groups in total. The molecular weight excluding hydrogens is 531 g/mol. The fraction of sp³-hybridized carbons (Fsp3) is 0.179. The van der Waals surface area contributed by atoms with Gasteiger partial charge in [0.25, 0.3) is 11.8 Å². The van der Waals surface area contributed by atoms with E-state index in [-0.39, 0.29) is 17.6 Å². The van der Waals surface area contributed by atoms with E-state index in [0.29, 0.717) is 28.7 Å². The Morgan fingerprint density at radius 2 is 1.82 bits per heavy atom. The van der Waals surface area contributed by atoms with Crippen LogP contribution in [-0.4, -0.2) is 42.9 Å². The highest BCUT2D eigenvalue weighted by atomic mass is 32.1. The lowest BCUT2D eigenvalue weighted by Gasteiger charge is -2.11. The lowest BCUT2D eigenvalue weighted by molar-refractivity contribution is -0.116. The van der Waals surface area contributed by atoms with Crippen molar-refractivity contribution in [3.8, 4) is 22.0 Å². The van der Waals surface area contributed by atoms with Gasteiger partial charge >= 0.3 is 6.01 Å². The van der Waals surface area contributed by atoms with E-state index in [9.17, 15) is 9.18 Å². The van der Waals surface area contributed by atoms with Crippen molar-refractivity contribution in [2.75, 3.05) is 10.6 Å². The largest absolute Gasteiger partial charge is 0.402 e. The number of aliphatic imine (C=N–C) groups is 1. The molecule has 0 radical (unpaired) electrons. The normalized spacial score (nSPS) is 16.6. The second-order valence-electron chi connectivity index (χ2n) is 9.48. The average molecular weight is 553 g/mol. The van der Waals surface area contributed by atoms with Gasteiger partial charge in [-0.15, -0.1) is 16.4 Å². The Balaban J connectivity index is 1.24. The van der Waals surface area contributed by atoms with Crippen LogP contribution in [0.15, 0.2) is 70.3 Å². The Hall–Kier alpha value is -4.84. The maximum atomic E-state index is 14.8. The van der Waals surface area contributed by atoms with Gasteiger partial charge in [0.2, 0.25) is 6.17 Å².